The molecule has 0 spiro atoms. The molecule has 2 aromatic heterocycles. The largest absolute Gasteiger partial charge is 0.350 e. The molecule has 0 unspecified atom stereocenters. The normalized spacial score (nSPS) is 10.2. The number of hydrogen-bond acceptors (Lipinski definition) is 4. The Morgan fingerprint density at radius 3 is 3.06 bits per heavy atom. The van der Waals surface area contributed by atoms with Crippen molar-refractivity contribution in [3.05, 3.63) is 45.1 Å². The number of nitrogens with one attached hydrogen (secondary N) is 1. The van der Waals surface area contributed by atoms with Gasteiger partial charge in [-0.25, -0.2) is 9.97 Å². The molecule has 0 aliphatic carbocycles. The molecule has 0 radical (unpaired) electrons. The minimum atomic E-state index is -0.173. The maximum absolute atomic E-state index is 11.8. The zero-order valence-corrected chi connectivity index (χ0v) is 11.3. The molecule has 1 amide bonds. The van der Waals surface area contributed by atoms with Gasteiger partial charge in [0.2, 0.25) is 0 Å². The Kier molecular flexibility index (Phi) is 4.22. The lowest BCUT2D eigenvalue weighted by Gasteiger charge is -2.04. The van der Waals surface area contributed by atoms with Gasteiger partial charge < -0.3 is 5.32 Å². The molecule has 0 fully saturated rings. The van der Waals surface area contributed by atoms with Crippen LogP contribution >= 0.6 is 27.3 Å². The van der Waals surface area contributed by atoms with Crippen LogP contribution in [0.4, 0.5) is 0 Å². The summed E-state index contributed by atoms with van der Waals surface area (Å²) in [6.07, 6.45) is 2.33. The summed E-state index contributed by atoms with van der Waals surface area (Å²) in [5.41, 5.74) is 3.19. The van der Waals surface area contributed by atoms with E-state index in [2.05, 4.69) is 31.2 Å². The molecular weight excluding hydrogens is 302 g/mol. The van der Waals surface area contributed by atoms with Gasteiger partial charge in [0, 0.05) is 29.0 Å². The minimum absolute atomic E-state index is 0.173. The lowest BCUT2D eigenvalue weighted by molar-refractivity contribution is 0.0948. The van der Waals surface area contributed by atoms with Crippen molar-refractivity contribution in [2.45, 2.75) is 6.42 Å². The van der Waals surface area contributed by atoms with Gasteiger partial charge in [0.25, 0.3) is 5.91 Å². The molecule has 4 nitrogen and oxygen atoms in total. The van der Waals surface area contributed by atoms with Gasteiger partial charge in [-0.2, -0.15) is 0 Å². The van der Waals surface area contributed by atoms with Crippen LogP contribution in [0.5, 0.6) is 0 Å². The number of carbonyl (C=O) groups is 1. The molecule has 2 aromatic rings. The molecule has 0 saturated heterocycles. The Bertz CT molecular complexity index is 501. The summed E-state index contributed by atoms with van der Waals surface area (Å²) in [6, 6.07) is 3.57. The summed E-state index contributed by atoms with van der Waals surface area (Å²) in [5, 5.41) is 4.79. The second-order valence-electron chi connectivity index (χ2n) is 3.32. The van der Waals surface area contributed by atoms with E-state index in [0.717, 1.165) is 12.1 Å². The number of rotatable bonds is 4. The van der Waals surface area contributed by atoms with Crippen molar-refractivity contribution in [1.29, 1.82) is 0 Å². The van der Waals surface area contributed by atoms with Gasteiger partial charge in [0.05, 0.1) is 11.2 Å². The molecule has 1 N–H and O–H groups in total. The van der Waals surface area contributed by atoms with E-state index in [0.29, 0.717) is 16.7 Å². The molecule has 17 heavy (non-hydrogen) atoms. The van der Waals surface area contributed by atoms with E-state index < -0.39 is 0 Å². The average molecular weight is 312 g/mol. The van der Waals surface area contributed by atoms with Crippen LogP contribution in [0.1, 0.15) is 16.2 Å². The van der Waals surface area contributed by atoms with E-state index in [1.807, 2.05) is 5.38 Å². The Balaban J connectivity index is 1.88. The summed E-state index contributed by atoms with van der Waals surface area (Å²) < 4.78 is 0.700. The third-order valence-corrected chi connectivity index (χ3v) is 3.40. The molecule has 0 aliphatic rings. The first-order chi connectivity index (χ1) is 8.27. The Morgan fingerprint density at radius 1 is 1.47 bits per heavy atom. The van der Waals surface area contributed by atoms with Crippen molar-refractivity contribution in [3.8, 4) is 0 Å². The van der Waals surface area contributed by atoms with Crippen LogP contribution in [0.25, 0.3) is 0 Å². The molecule has 0 aromatic carbocycles. The van der Waals surface area contributed by atoms with Crippen LogP contribution in [0.3, 0.4) is 0 Å². The molecule has 88 valence electrons. The number of nitrogens with zero attached hydrogens (tertiary/aromatic N) is 2. The van der Waals surface area contributed by atoms with Gasteiger partial charge in [-0.15, -0.1) is 11.3 Å². The third kappa shape index (κ3) is 3.34. The predicted molar refractivity (Wildman–Crippen MR) is 70.1 cm³/mol. The van der Waals surface area contributed by atoms with Crippen molar-refractivity contribution >= 4 is 33.2 Å². The van der Waals surface area contributed by atoms with Crippen molar-refractivity contribution in [2.75, 3.05) is 6.54 Å². The first-order valence-electron chi connectivity index (χ1n) is 5.03. The quantitative estimate of drug-likeness (QED) is 0.942. The first kappa shape index (κ1) is 12.2. The third-order valence-electron chi connectivity index (χ3n) is 2.12. The molecule has 2 heterocycles. The van der Waals surface area contributed by atoms with Gasteiger partial charge in [0.15, 0.2) is 0 Å². The highest BCUT2D eigenvalue weighted by Gasteiger charge is 2.10. The SMILES string of the molecule is O=C(NCCc1cscn1)c1ncccc1Br. The van der Waals surface area contributed by atoms with Gasteiger partial charge in [0.1, 0.15) is 5.69 Å². The predicted octanol–water partition coefficient (Wildman–Crippen LogP) is 2.27. The Morgan fingerprint density at radius 2 is 2.35 bits per heavy atom. The highest BCUT2D eigenvalue weighted by molar-refractivity contribution is 9.10. The van der Waals surface area contributed by atoms with E-state index in [1.54, 1.807) is 35.2 Å². The highest BCUT2D eigenvalue weighted by Crippen LogP contribution is 2.12. The number of pyridine rings is 1. The topological polar surface area (TPSA) is 54.9 Å². The standard InChI is InChI=1S/C11H10BrN3OS/c12-9-2-1-4-13-10(9)11(16)14-5-3-8-6-17-7-15-8/h1-2,4,6-7H,3,5H2,(H,14,16). The summed E-state index contributed by atoms with van der Waals surface area (Å²) in [6.45, 7) is 0.561. The summed E-state index contributed by atoms with van der Waals surface area (Å²) in [5.74, 6) is -0.173. The first-order valence-corrected chi connectivity index (χ1v) is 6.77. The van der Waals surface area contributed by atoms with Crippen LogP contribution in [-0.2, 0) is 6.42 Å². The molecule has 0 bridgehead atoms. The summed E-state index contributed by atoms with van der Waals surface area (Å²) in [4.78, 5) is 19.9. The molecule has 0 aliphatic heterocycles. The van der Waals surface area contributed by atoms with Crippen LogP contribution in [-0.4, -0.2) is 22.4 Å². The maximum atomic E-state index is 11.8. The smallest absolute Gasteiger partial charge is 0.271 e. The van der Waals surface area contributed by atoms with Crippen LogP contribution < -0.4 is 5.32 Å². The van der Waals surface area contributed by atoms with Gasteiger partial charge in [-0.1, -0.05) is 0 Å². The van der Waals surface area contributed by atoms with E-state index in [9.17, 15) is 4.79 Å². The summed E-state index contributed by atoms with van der Waals surface area (Å²) in [7, 11) is 0. The Labute approximate surface area is 111 Å². The van der Waals surface area contributed by atoms with Crippen molar-refractivity contribution in [1.82, 2.24) is 15.3 Å². The van der Waals surface area contributed by atoms with Crippen molar-refractivity contribution in [3.63, 3.8) is 0 Å². The van der Waals surface area contributed by atoms with Crippen molar-refractivity contribution in [2.24, 2.45) is 0 Å². The van der Waals surface area contributed by atoms with Crippen LogP contribution in [0.2, 0.25) is 0 Å². The zero-order valence-electron chi connectivity index (χ0n) is 8.89. The minimum Gasteiger partial charge on any atom is -0.350 e. The van der Waals surface area contributed by atoms with Gasteiger partial charge >= 0.3 is 0 Å². The summed E-state index contributed by atoms with van der Waals surface area (Å²) >= 11 is 4.85. The molecule has 6 heteroatoms. The molecular formula is C11H10BrN3OS. The van der Waals surface area contributed by atoms with Crippen LogP contribution in [0.15, 0.2) is 33.7 Å². The second-order valence-corrected chi connectivity index (χ2v) is 4.89. The van der Waals surface area contributed by atoms with Crippen molar-refractivity contribution < 1.29 is 4.79 Å². The fraction of sp³-hybridized carbons (Fsp3) is 0.182. The lowest BCUT2D eigenvalue weighted by atomic mass is 10.3. The van der Waals surface area contributed by atoms with E-state index in [1.165, 1.54) is 0 Å². The number of aromatic nitrogens is 2. The zero-order chi connectivity index (χ0) is 12.1. The maximum Gasteiger partial charge on any atom is 0.271 e. The Hall–Kier alpha value is -1.27. The lowest BCUT2D eigenvalue weighted by Crippen LogP contribution is -2.26. The van der Waals surface area contributed by atoms with E-state index in [4.69, 9.17) is 0 Å². The fourth-order valence-corrected chi connectivity index (χ4v) is 2.33. The molecule has 0 atom stereocenters. The average Bonchev–Trinajstić information content (AvgIpc) is 2.82. The number of thiazole rings is 1. The molecule has 0 saturated carbocycles. The number of halogens is 1. The van der Waals surface area contributed by atoms with E-state index >= 15 is 0 Å². The van der Waals surface area contributed by atoms with E-state index in [-0.39, 0.29) is 5.91 Å². The fourth-order valence-electron chi connectivity index (χ4n) is 1.30. The van der Waals surface area contributed by atoms with Gasteiger partial charge in [-0.05, 0) is 28.1 Å². The highest BCUT2D eigenvalue weighted by atomic mass is 79.9. The number of amides is 1. The number of carbonyl (C=O) groups excluding carboxylic acids is 1. The monoisotopic (exact) mass is 311 g/mol. The number of hydrogen-bond donors (Lipinski definition) is 1. The molecule has 2 rings (SSSR count). The van der Waals surface area contributed by atoms with Crippen LogP contribution in [0, 0.1) is 0 Å². The second kappa shape index (κ2) is 5.88. The van der Waals surface area contributed by atoms with Gasteiger partial charge in [-0.3, -0.25) is 4.79 Å².